The van der Waals surface area contributed by atoms with E-state index in [4.69, 9.17) is 23.8 Å². The molecule has 0 spiro atoms. The molecule has 1 aromatic heterocycles. The van der Waals surface area contributed by atoms with Crippen molar-refractivity contribution in [3.05, 3.63) is 77.3 Å². The Morgan fingerprint density at radius 1 is 1.07 bits per heavy atom. The van der Waals surface area contributed by atoms with Crippen molar-refractivity contribution >= 4 is 62.1 Å². The minimum Gasteiger partial charge on any atom is -0.507 e. The maximum absolute atomic E-state index is 12.3. The van der Waals surface area contributed by atoms with Crippen LogP contribution in [-0.2, 0) is 0 Å². The Balaban J connectivity index is 1.53. The van der Waals surface area contributed by atoms with Crippen molar-refractivity contribution in [2.45, 2.75) is 0 Å². The van der Waals surface area contributed by atoms with Crippen LogP contribution in [0.1, 0.15) is 10.4 Å². The van der Waals surface area contributed by atoms with Gasteiger partial charge in [-0.25, -0.2) is 4.98 Å². The van der Waals surface area contributed by atoms with Gasteiger partial charge in [-0.3, -0.25) is 10.1 Å². The molecule has 8 heteroatoms. The molecule has 3 N–H and O–H groups in total. The average Bonchev–Trinajstić information content (AvgIpc) is 3.13. The molecule has 0 bridgehead atoms. The Morgan fingerprint density at radius 2 is 1.90 bits per heavy atom. The molecular weight excluding hydrogens is 426 g/mol. The van der Waals surface area contributed by atoms with E-state index in [2.05, 4.69) is 15.6 Å². The van der Waals surface area contributed by atoms with Gasteiger partial charge in [-0.05, 0) is 60.7 Å². The molecule has 0 saturated heterocycles. The predicted molar refractivity (Wildman–Crippen MR) is 122 cm³/mol. The molecule has 0 fully saturated rings. The van der Waals surface area contributed by atoms with Gasteiger partial charge in [0.15, 0.2) is 5.11 Å². The fourth-order valence-corrected chi connectivity index (χ4v) is 4.13. The van der Waals surface area contributed by atoms with Gasteiger partial charge in [0.05, 0.1) is 15.8 Å². The Morgan fingerprint density at radius 3 is 2.69 bits per heavy atom. The SMILES string of the molecule is O=C(NC(=S)Nc1ccc(O)c(-c2nc3ccccc3s2)c1)c1cccc(Cl)c1. The number of aromatic nitrogens is 1. The minimum atomic E-state index is -0.366. The highest BCUT2D eigenvalue weighted by Gasteiger charge is 2.13. The standard InChI is InChI=1S/C21H14ClN3O2S2/c22-13-5-3-4-12(10-13)19(27)25-21(28)23-14-8-9-17(26)15(11-14)20-24-16-6-1-2-7-18(16)29-20/h1-11,26H,(H2,23,25,27,28). The highest BCUT2D eigenvalue weighted by Crippen LogP contribution is 2.36. The van der Waals surface area contributed by atoms with Gasteiger partial charge in [0.25, 0.3) is 5.91 Å². The number of phenols is 1. The second-order valence-corrected chi connectivity index (χ2v) is 8.01. The van der Waals surface area contributed by atoms with Crippen LogP contribution in [0.3, 0.4) is 0 Å². The minimum absolute atomic E-state index is 0.114. The fraction of sp³-hybridized carbons (Fsp3) is 0. The number of nitrogens with zero attached hydrogens (tertiary/aromatic N) is 1. The molecule has 144 valence electrons. The maximum Gasteiger partial charge on any atom is 0.257 e. The van der Waals surface area contributed by atoms with E-state index in [0.29, 0.717) is 26.8 Å². The van der Waals surface area contributed by atoms with Crippen LogP contribution in [0.5, 0.6) is 5.75 Å². The second-order valence-electron chi connectivity index (χ2n) is 6.14. The first-order chi connectivity index (χ1) is 14.0. The largest absolute Gasteiger partial charge is 0.507 e. The van der Waals surface area contributed by atoms with Gasteiger partial charge >= 0.3 is 0 Å². The number of fused-ring (bicyclic) bond motifs is 1. The van der Waals surface area contributed by atoms with Crippen LogP contribution in [0.4, 0.5) is 5.69 Å². The predicted octanol–water partition coefficient (Wildman–Crippen LogP) is 5.45. The molecule has 5 nitrogen and oxygen atoms in total. The lowest BCUT2D eigenvalue weighted by atomic mass is 10.2. The van der Waals surface area contributed by atoms with Crippen molar-refractivity contribution in [1.82, 2.24) is 10.3 Å². The van der Waals surface area contributed by atoms with Gasteiger partial charge in [-0.15, -0.1) is 11.3 Å². The summed E-state index contributed by atoms with van der Waals surface area (Å²) >= 11 is 12.6. The maximum atomic E-state index is 12.3. The lowest BCUT2D eigenvalue weighted by Gasteiger charge is -2.11. The smallest absolute Gasteiger partial charge is 0.257 e. The molecular formula is C21H14ClN3O2S2. The summed E-state index contributed by atoms with van der Waals surface area (Å²) in [4.78, 5) is 16.9. The first-order valence-electron chi connectivity index (χ1n) is 8.56. The molecule has 0 unspecified atom stereocenters. The van der Waals surface area contributed by atoms with Crippen molar-refractivity contribution in [3.8, 4) is 16.3 Å². The first kappa shape index (κ1) is 19.3. The van der Waals surface area contributed by atoms with Gasteiger partial charge in [-0.1, -0.05) is 29.8 Å². The quantitative estimate of drug-likeness (QED) is 0.292. The molecule has 0 aliphatic heterocycles. The summed E-state index contributed by atoms with van der Waals surface area (Å²) in [5, 5.41) is 17.2. The molecule has 1 amide bonds. The number of rotatable bonds is 3. The molecule has 3 aromatic carbocycles. The number of phenolic OH excluding ortho intramolecular Hbond substituents is 1. The number of carbonyl (C=O) groups is 1. The monoisotopic (exact) mass is 439 g/mol. The van der Waals surface area contributed by atoms with Crippen LogP contribution < -0.4 is 10.6 Å². The van der Waals surface area contributed by atoms with Crippen molar-refractivity contribution in [1.29, 1.82) is 0 Å². The number of thiazole rings is 1. The van der Waals surface area contributed by atoms with Crippen LogP contribution in [0.15, 0.2) is 66.7 Å². The van der Waals surface area contributed by atoms with Crippen LogP contribution in [0.25, 0.3) is 20.8 Å². The number of hydrogen-bond donors (Lipinski definition) is 3. The zero-order valence-electron chi connectivity index (χ0n) is 14.8. The lowest BCUT2D eigenvalue weighted by Crippen LogP contribution is -2.34. The summed E-state index contributed by atoms with van der Waals surface area (Å²) in [5.74, 6) is -0.251. The summed E-state index contributed by atoms with van der Waals surface area (Å²) < 4.78 is 1.03. The molecule has 29 heavy (non-hydrogen) atoms. The summed E-state index contributed by atoms with van der Waals surface area (Å²) in [6.07, 6.45) is 0. The van der Waals surface area contributed by atoms with Crippen LogP contribution in [0, 0.1) is 0 Å². The highest BCUT2D eigenvalue weighted by molar-refractivity contribution is 7.80. The van der Waals surface area contributed by atoms with E-state index in [1.165, 1.54) is 11.3 Å². The fourth-order valence-electron chi connectivity index (χ4n) is 2.74. The number of aromatic hydroxyl groups is 1. The number of nitrogens with one attached hydrogen (secondary N) is 2. The van der Waals surface area contributed by atoms with Crippen molar-refractivity contribution in [2.24, 2.45) is 0 Å². The van der Waals surface area contributed by atoms with E-state index in [9.17, 15) is 9.90 Å². The Bertz CT molecular complexity index is 1210. The van der Waals surface area contributed by atoms with Gasteiger partial charge in [-0.2, -0.15) is 0 Å². The van der Waals surface area contributed by atoms with Crippen LogP contribution in [-0.4, -0.2) is 21.1 Å². The van der Waals surface area contributed by atoms with Crippen molar-refractivity contribution in [2.75, 3.05) is 5.32 Å². The van der Waals surface area contributed by atoms with Gasteiger partial charge < -0.3 is 10.4 Å². The number of carbonyl (C=O) groups excluding carboxylic acids is 1. The van der Waals surface area contributed by atoms with E-state index in [-0.39, 0.29) is 16.8 Å². The number of halogens is 1. The van der Waals surface area contributed by atoms with Gasteiger partial charge in [0.1, 0.15) is 10.8 Å². The van der Waals surface area contributed by atoms with E-state index < -0.39 is 0 Å². The summed E-state index contributed by atoms with van der Waals surface area (Å²) in [6, 6.07) is 19.3. The van der Waals surface area contributed by atoms with Crippen LogP contribution >= 0.6 is 35.2 Å². The van der Waals surface area contributed by atoms with E-state index in [1.807, 2.05) is 24.3 Å². The zero-order valence-corrected chi connectivity index (χ0v) is 17.2. The lowest BCUT2D eigenvalue weighted by molar-refractivity contribution is 0.0977. The van der Waals surface area contributed by atoms with Gasteiger partial charge in [0.2, 0.25) is 0 Å². The summed E-state index contributed by atoms with van der Waals surface area (Å²) in [6.45, 7) is 0. The normalized spacial score (nSPS) is 10.7. The number of thiocarbonyl (C=S) groups is 1. The topological polar surface area (TPSA) is 74.2 Å². The van der Waals surface area contributed by atoms with E-state index in [1.54, 1.807) is 42.5 Å². The van der Waals surface area contributed by atoms with Crippen LogP contribution in [0.2, 0.25) is 5.02 Å². The third kappa shape index (κ3) is 4.37. The third-order valence-corrected chi connectivity index (χ3v) is 5.60. The average molecular weight is 440 g/mol. The molecule has 4 aromatic rings. The number of amides is 1. The Kier molecular flexibility index (Phi) is 5.44. The molecule has 0 saturated carbocycles. The van der Waals surface area contributed by atoms with Crippen molar-refractivity contribution < 1.29 is 9.90 Å². The molecule has 0 aliphatic carbocycles. The Labute approximate surface area is 181 Å². The molecule has 0 atom stereocenters. The number of benzene rings is 3. The highest BCUT2D eigenvalue weighted by atomic mass is 35.5. The van der Waals surface area contributed by atoms with Gasteiger partial charge in [0, 0.05) is 16.3 Å². The number of hydrogen-bond acceptors (Lipinski definition) is 5. The molecule has 4 rings (SSSR count). The van der Waals surface area contributed by atoms with E-state index in [0.717, 1.165) is 10.2 Å². The van der Waals surface area contributed by atoms with E-state index >= 15 is 0 Å². The van der Waals surface area contributed by atoms with Crippen molar-refractivity contribution in [3.63, 3.8) is 0 Å². The third-order valence-electron chi connectivity index (χ3n) is 4.09. The number of anilines is 1. The Hall–Kier alpha value is -3.00. The molecule has 0 radical (unpaired) electrons. The first-order valence-corrected chi connectivity index (χ1v) is 10.2. The zero-order chi connectivity index (χ0) is 20.4. The molecule has 0 aliphatic rings. The summed E-state index contributed by atoms with van der Waals surface area (Å²) in [7, 11) is 0. The molecule has 1 heterocycles. The summed E-state index contributed by atoms with van der Waals surface area (Å²) in [5.41, 5.74) is 2.48. The number of para-hydroxylation sites is 1. The second kappa shape index (κ2) is 8.16.